The van der Waals surface area contributed by atoms with E-state index in [1.54, 1.807) is 12.1 Å². The van der Waals surface area contributed by atoms with E-state index in [1.807, 2.05) is 32.2 Å². The normalized spacial score (nSPS) is 11.4. The molecule has 4 aromatic rings. The van der Waals surface area contributed by atoms with Gasteiger partial charge in [0, 0.05) is 23.5 Å². The number of likely N-dealkylation sites (N-methyl/N-ethyl adjacent to an activating group) is 1. The largest absolute Gasteiger partial charge is 0.382 e. The van der Waals surface area contributed by atoms with E-state index in [1.165, 1.54) is 0 Å². The molecule has 6 nitrogen and oxygen atoms in total. The van der Waals surface area contributed by atoms with Gasteiger partial charge in [-0.25, -0.2) is 4.98 Å². The molecule has 138 valence electrons. The van der Waals surface area contributed by atoms with Crippen molar-refractivity contribution >= 4 is 39.2 Å². The zero-order chi connectivity index (χ0) is 19.0. The van der Waals surface area contributed by atoms with Crippen molar-refractivity contribution in [1.82, 2.24) is 20.3 Å². The lowest BCUT2D eigenvalue weighted by Gasteiger charge is -2.14. The smallest absolute Gasteiger partial charge is 0.261 e. The molecule has 0 aliphatic heterocycles. The summed E-state index contributed by atoms with van der Waals surface area (Å²) in [5.74, 6) is 0.517. The first-order valence-electron chi connectivity index (χ1n) is 8.77. The number of rotatable bonds is 5. The number of hydrogen-bond donors (Lipinski definition) is 4. The van der Waals surface area contributed by atoms with Crippen LogP contribution in [0.15, 0.2) is 41.2 Å². The molecular formula is C20H20ClN5O. The summed E-state index contributed by atoms with van der Waals surface area (Å²) in [6.45, 7) is 3.49. The molecule has 0 saturated heterocycles. The molecule has 0 amide bonds. The fourth-order valence-electron chi connectivity index (χ4n) is 3.23. The van der Waals surface area contributed by atoms with Gasteiger partial charge in [0.05, 0.1) is 22.2 Å². The molecule has 7 heteroatoms. The van der Waals surface area contributed by atoms with Gasteiger partial charge in [0.25, 0.3) is 5.56 Å². The number of nitrogens with zero attached hydrogens (tertiary/aromatic N) is 1. The molecule has 0 saturated carbocycles. The summed E-state index contributed by atoms with van der Waals surface area (Å²) < 4.78 is 0. The molecule has 0 fully saturated rings. The highest BCUT2D eigenvalue weighted by Crippen LogP contribution is 2.31. The Bertz CT molecular complexity index is 1190. The number of benzene rings is 2. The molecule has 0 aliphatic rings. The average Bonchev–Trinajstić information content (AvgIpc) is 3.04. The minimum atomic E-state index is -0.191. The Morgan fingerprint density at radius 2 is 1.93 bits per heavy atom. The number of imidazole rings is 1. The molecule has 2 aromatic carbocycles. The van der Waals surface area contributed by atoms with Crippen molar-refractivity contribution in [1.29, 1.82) is 0 Å². The molecule has 2 heterocycles. The molecular weight excluding hydrogens is 362 g/mol. The summed E-state index contributed by atoms with van der Waals surface area (Å²) in [5, 5.41) is 8.10. The summed E-state index contributed by atoms with van der Waals surface area (Å²) in [6.07, 6.45) is 0. The van der Waals surface area contributed by atoms with Gasteiger partial charge in [-0.2, -0.15) is 0 Å². The third-order valence-corrected chi connectivity index (χ3v) is 4.76. The monoisotopic (exact) mass is 381 g/mol. The molecule has 0 atom stereocenters. The molecule has 27 heavy (non-hydrogen) atoms. The van der Waals surface area contributed by atoms with Crippen LogP contribution in [-0.2, 0) is 0 Å². The van der Waals surface area contributed by atoms with Crippen LogP contribution in [0.25, 0.3) is 33.3 Å². The van der Waals surface area contributed by atoms with Crippen LogP contribution >= 0.6 is 11.6 Å². The summed E-state index contributed by atoms with van der Waals surface area (Å²) in [5.41, 5.74) is 4.55. The molecule has 0 bridgehead atoms. The molecule has 0 unspecified atom stereocenters. The first kappa shape index (κ1) is 17.6. The Kier molecular flexibility index (Phi) is 4.59. The van der Waals surface area contributed by atoms with Crippen LogP contribution in [0.5, 0.6) is 0 Å². The van der Waals surface area contributed by atoms with Crippen molar-refractivity contribution in [3.05, 3.63) is 57.3 Å². The maximum absolute atomic E-state index is 12.9. The summed E-state index contributed by atoms with van der Waals surface area (Å²) in [6, 6.07) is 11.4. The maximum atomic E-state index is 12.9. The van der Waals surface area contributed by atoms with Gasteiger partial charge in [-0.3, -0.25) is 4.79 Å². The Morgan fingerprint density at radius 1 is 1.07 bits per heavy atom. The van der Waals surface area contributed by atoms with Gasteiger partial charge in [0.15, 0.2) is 0 Å². The van der Waals surface area contributed by atoms with Gasteiger partial charge in [-0.1, -0.05) is 23.2 Å². The van der Waals surface area contributed by atoms with Crippen molar-refractivity contribution in [2.24, 2.45) is 0 Å². The summed E-state index contributed by atoms with van der Waals surface area (Å²) >= 11 is 6.08. The fraction of sp³-hybridized carbons (Fsp3) is 0.200. The second kappa shape index (κ2) is 7.06. The van der Waals surface area contributed by atoms with E-state index < -0.39 is 0 Å². The quantitative estimate of drug-likeness (QED) is 0.397. The van der Waals surface area contributed by atoms with Gasteiger partial charge in [-0.15, -0.1) is 0 Å². The highest BCUT2D eigenvalue weighted by atomic mass is 35.5. The predicted octanol–water partition coefficient (Wildman–Crippen LogP) is 3.66. The lowest BCUT2D eigenvalue weighted by atomic mass is 10.1. The van der Waals surface area contributed by atoms with Crippen molar-refractivity contribution in [3.8, 4) is 11.4 Å². The number of aryl methyl sites for hydroxylation is 1. The number of hydrogen-bond acceptors (Lipinski definition) is 4. The number of aromatic amines is 2. The van der Waals surface area contributed by atoms with E-state index in [2.05, 4.69) is 31.7 Å². The van der Waals surface area contributed by atoms with Crippen molar-refractivity contribution in [2.45, 2.75) is 6.92 Å². The minimum absolute atomic E-state index is 0.191. The second-order valence-electron chi connectivity index (χ2n) is 6.53. The molecule has 0 radical (unpaired) electrons. The zero-order valence-corrected chi connectivity index (χ0v) is 15.9. The van der Waals surface area contributed by atoms with Crippen LogP contribution in [0.2, 0.25) is 5.02 Å². The molecule has 2 aromatic heterocycles. The number of fused-ring (bicyclic) bond motifs is 2. The first-order valence-corrected chi connectivity index (χ1v) is 9.15. The van der Waals surface area contributed by atoms with Gasteiger partial charge in [0.2, 0.25) is 0 Å². The highest BCUT2D eigenvalue weighted by Gasteiger charge is 2.18. The number of halogens is 1. The number of anilines is 1. The van der Waals surface area contributed by atoms with Gasteiger partial charge in [-0.05, 0) is 44.3 Å². The maximum Gasteiger partial charge on any atom is 0.261 e. The second-order valence-corrected chi connectivity index (χ2v) is 6.97. The fourth-order valence-corrected chi connectivity index (χ4v) is 3.40. The summed E-state index contributed by atoms with van der Waals surface area (Å²) in [4.78, 5) is 23.7. The van der Waals surface area contributed by atoms with Gasteiger partial charge in [0.1, 0.15) is 11.4 Å². The van der Waals surface area contributed by atoms with Crippen LogP contribution in [0.4, 0.5) is 5.69 Å². The van der Waals surface area contributed by atoms with E-state index >= 15 is 0 Å². The molecule has 4 rings (SSSR count). The number of H-pyrrole nitrogens is 2. The highest BCUT2D eigenvalue weighted by molar-refractivity contribution is 6.31. The minimum Gasteiger partial charge on any atom is -0.382 e. The Morgan fingerprint density at radius 3 is 2.74 bits per heavy atom. The van der Waals surface area contributed by atoms with Crippen LogP contribution < -0.4 is 16.2 Å². The third kappa shape index (κ3) is 3.29. The lowest BCUT2D eigenvalue weighted by molar-refractivity contribution is 0.824. The van der Waals surface area contributed by atoms with E-state index in [0.29, 0.717) is 23.0 Å². The molecule has 0 aliphatic carbocycles. The van der Waals surface area contributed by atoms with E-state index in [-0.39, 0.29) is 5.56 Å². The van der Waals surface area contributed by atoms with Crippen molar-refractivity contribution in [2.75, 3.05) is 25.5 Å². The van der Waals surface area contributed by atoms with Crippen LogP contribution in [0.3, 0.4) is 0 Å². The van der Waals surface area contributed by atoms with E-state index in [0.717, 1.165) is 39.7 Å². The van der Waals surface area contributed by atoms with E-state index in [4.69, 9.17) is 11.6 Å². The van der Waals surface area contributed by atoms with Crippen LogP contribution in [-0.4, -0.2) is 35.1 Å². The summed E-state index contributed by atoms with van der Waals surface area (Å²) in [7, 11) is 1.89. The topological polar surface area (TPSA) is 85.6 Å². The van der Waals surface area contributed by atoms with Gasteiger partial charge < -0.3 is 20.6 Å². The Hall–Kier alpha value is -2.83. The Labute approximate surface area is 161 Å². The van der Waals surface area contributed by atoms with Crippen molar-refractivity contribution in [3.63, 3.8) is 0 Å². The lowest BCUT2D eigenvalue weighted by Crippen LogP contribution is -2.20. The van der Waals surface area contributed by atoms with Crippen molar-refractivity contribution < 1.29 is 0 Å². The van der Waals surface area contributed by atoms with E-state index in [9.17, 15) is 4.79 Å². The van der Waals surface area contributed by atoms with Gasteiger partial charge >= 0.3 is 0 Å². The zero-order valence-electron chi connectivity index (χ0n) is 15.1. The number of pyridine rings is 1. The Balaban J connectivity index is 1.97. The predicted molar refractivity (Wildman–Crippen MR) is 112 cm³/mol. The third-order valence-electron chi connectivity index (χ3n) is 4.53. The number of aromatic nitrogens is 3. The first-order chi connectivity index (χ1) is 13.1. The molecule has 0 spiro atoms. The average molecular weight is 382 g/mol. The number of nitrogens with one attached hydrogen (secondary N) is 4. The van der Waals surface area contributed by atoms with Crippen LogP contribution in [0.1, 0.15) is 5.56 Å². The SMILES string of the molecule is CNCCNc1c(-c2nc3ccc(Cl)cc3[nH]2)c(=O)[nH]c2ccc(C)cc12. The van der Waals surface area contributed by atoms with Crippen LogP contribution in [0, 0.1) is 6.92 Å². The molecule has 4 N–H and O–H groups in total. The standard InChI is InChI=1S/C20H20ClN5O/c1-11-3-5-14-13(9-11)18(23-8-7-22-2)17(20(27)26-14)19-24-15-6-4-12(21)10-16(15)25-19/h3-6,9-10,22H,7-8H2,1-2H3,(H,24,25)(H2,23,26,27).